The molecule has 0 aromatic heterocycles. The van der Waals surface area contributed by atoms with Crippen LogP contribution < -0.4 is 15.4 Å². The van der Waals surface area contributed by atoms with Crippen LogP contribution in [0.2, 0.25) is 0 Å². The summed E-state index contributed by atoms with van der Waals surface area (Å²) in [6.45, 7) is 3.72. The Morgan fingerprint density at radius 3 is 2.57 bits per heavy atom. The SMILES string of the molecule is CN=C(NCCOc1ccccc1)NC1CCC(C)CC1. The maximum atomic E-state index is 5.66. The molecule has 116 valence electrons. The van der Waals surface area contributed by atoms with Gasteiger partial charge in [0.1, 0.15) is 12.4 Å². The van der Waals surface area contributed by atoms with Crippen LogP contribution in [0.25, 0.3) is 0 Å². The van der Waals surface area contributed by atoms with Gasteiger partial charge in [-0.3, -0.25) is 4.99 Å². The molecule has 0 unspecified atom stereocenters. The number of hydrogen-bond donors (Lipinski definition) is 2. The molecule has 0 spiro atoms. The molecule has 1 aromatic carbocycles. The van der Waals surface area contributed by atoms with Crippen molar-refractivity contribution in [3.63, 3.8) is 0 Å². The van der Waals surface area contributed by atoms with Gasteiger partial charge in [-0.25, -0.2) is 0 Å². The predicted molar refractivity (Wildman–Crippen MR) is 87.9 cm³/mol. The molecule has 4 heteroatoms. The number of rotatable bonds is 5. The molecule has 1 aliphatic rings. The maximum absolute atomic E-state index is 5.66. The number of benzene rings is 1. The van der Waals surface area contributed by atoms with Crippen molar-refractivity contribution in [2.75, 3.05) is 20.2 Å². The van der Waals surface area contributed by atoms with E-state index in [1.54, 1.807) is 0 Å². The number of nitrogens with zero attached hydrogens (tertiary/aromatic N) is 1. The summed E-state index contributed by atoms with van der Waals surface area (Å²) in [7, 11) is 1.82. The minimum absolute atomic E-state index is 0.558. The average Bonchev–Trinajstić information content (AvgIpc) is 2.53. The van der Waals surface area contributed by atoms with Gasteiger partial charge in [-0.05, 0) is 43.7 Å². The van der Waals surface area contributed by atoms with E-state index in [9.17, 15) is 0 Å². The molecule has 1 aliphatic carbocycles. The lowest BCUT2D eigenvalue weighted by atomic mass is 9.87. The molecule has 0 amide bonds. The minimum atomic E-state index is 0.558. The van der Waals surface area contributed by atoms with Gasteiger partial charge in [-0.1, -0.05) is 25.1 Å². The first-order valence-electron chi connectivity index (χ1n) is 7.93. The summed E-state index contributed by atoms with van der Waals surface area (Å²) < 4.78 is 5.66. The normalized spacial score (nSPS) is 22.7. The average molecular weight is 289 g/mol. The first-order valence-corrected chi connectivity index (χ1v) is 7.93. The second-order valence-electron chi connectivity index (χ2n) is 5.76. The fourth-order valence-corrected chi connectivity index (χ4v) is 2.65. The largest absolute Gasteiger partial charge is 0.492 e. The fraction of sp³-hybridized carbons (Fsp3) is 0.588. The summed E-state index contributed by atoms with van der Waals surface area (Å²) >= 11 is 0. The lowest BCUT2D eigenvalue weighted by Gasteiger charge is -2.28. The van der Waals surface area contributed by atoms with Crippen LogP contribution in [0, 0.1) is 5.92 Å². The summed E-state index contributed by atoms with van der Waals surface area (Å²) in [6, 6.07) is 10.4. The Morgan fingerprint density at radius 2 is 1.90 bits per heavy atom. The van der Waals surface area contributed by atoms with Crippen molar-refractivity contribution in [1.82, 2.24) is 10.6 Å². The number of nitrogens with one attached hydrogen (secondary N) is 2. The zero-order valence-electron chi connectivity index (χ0n) is 13.1. The highest BCUT2D eigenvalue weighted by Gasteiger charge is 2.18. The Balaban J connectivity index is 1.64. The van der Waals surface area contributed by atoms with E-state index >= 15 is 0 Å². The molecule has 2 rings (SSSR count). The molecule has 0 aliphatic heterocycles. The van der Waals surface area contributed by atoms with Crippen molar-refractivity contribution >= 4 is 5.96 Å². The number of guanidine groups is 1. The summed E-state index contributed by atoms with van der Waals surface area (Å²) in [5, 5.41) is 6.82. The van der Waals surface area contributed by atoms with Gasteiger partial charge in [0.05, 0.1) is 6.54 Å². The van der Waals surface area contributed by atoms with Crippen LogP contribution >= 0.6 is 0 Å². The number of hydrogen-bond acceptors (Lipinski definition) is 2. The zero-order chi connectivity index (χ0) is 14.9. The molecular formula is C17H27N3O. The van der Waals surface area contributed by atoms with Gasteiger partial charge in [-0.15, -0.1) is 0 Å². The molecule has 0 bridgehead atoms. The van der Waals surface area contributed by atoms with Crippen LogP contribution in [-0.2, 0) is 0 Å². The minimum Gasteiger partial charge on any atom is -0.492 e. The van der Waals surface area contributed by atoms with E-state index in [2.05, 4.69) is 22.5 Å². The third kappa shape index (κ3) is 5.66. The van der Waals surface area contributed by atoms with E-state index in [-0.39, 0.29) is 0 Å². The zero-order valence-corrected chi connectivity index (χ0v) is 13.1. The monoisotopic (exact) mass is 289 g/mol. The van der Waals surface area contributed by atoms with E-state index in [1.807, 2.05) is 37.4 Å². The van der Waals surface area contributed by atoms with Gasteiger partial charge >= 0.3 is 0 Å². The molecule has 4 nitrogen and oxygen atoms in total. The summed E-state index contributed by atoms with van der Waals surface area (Å²) in [5.74, 6) is 2.66. The summed E-state index contributed by atoms with van der Waals surface area (Å²) in [5.41, 5.74) is 0. The summed E-state index contributed by atoms with van der Waals surface area (Å²) in [4.78, 5) is 4.28. The highest BCUT2D eigenvalue weighted by molar-refractivity contribution is 5.79. The van der Waals surface area contributed by atoms with Crippen molar-refractivity contribution < 1.29 is 4.74 Å². The van der Waals surface area contributed by atoms with Gasteiger partial charge in [0.2, 0.25) is 0 Å². The van der Waals surface area contributed by atoms with Crippen LogP contribution in [0.4, 0.5) is 0 Å². The second-order valence-corrected chi connectivity index (χ2v) is 5.76. The van der Waals surface area contributed by atoms with Crippen molar-refractivity contribution in [1.29, 1.82) is 0 Å². The highest BCUT2D eigenvalue weighted by atomic mass is 16.5. The maximum Gasteiger partial charge on any atom is 0.191 e. The first-order chi connectivity index (χ1) is 10.3. The summed E-state index contributed by atoms with van der Waals surface area (Å²) in [6.07, 6.45) is 5.10. The third-order valence-electron chi connectivity index (χ3n) is 3.99. The Hall–Kier alpha value is -1.71. The molecule has 2 N–H and O–H groups in total. The molecule has 1 saturated carbocycles. The lowest BCUT2D eigenvalue weighted by Crippen LogP contribution is -2.45. The van der Waals surface area contributed by atoms with Crippen LogP contribution in [0.1, 0.15) is 32.6 Å². The molecule has 0 saturated heterocycles. The van der Waals surface area contributed by atoms with E-state index in [4.69, 9.17) is 4.74 Å². The van der Waals surface area contributed by atoms with Crippen LogP contribution in [0.5, 0.6) is 5.75 Å². The van der Waals surface area contributed by atoms with Gasteiger partial charge in [0, 0.05) is 13.1 Å². The fourth-order valence-electron chi connectivity index (χ4n) is 2.65. The quantitative estimate of drug-likeness (QED) is 0.498. The standard InChI is InChI=1S/C17H27N3O/c1-14-8-10-15(11-9-14)20-17(18-2)19-12-13-21-16-6-4-3-5-7-16/h3-7,14-15H,8-13H2,1-2H3,(H2,18,19,20). The van der Waals surface area contributed by atoms with Gasteiger partial charge in [0.15, 0.2) is 5.96 Å². The Labute approximate surface area is 128 Å². The number of ether oxygens (including phenoxy) is 1. The van der Waals surface area contributed by atoms with Gasteiger partial charge in [0.25, 0.3) is 0 Å². The molecule has 0 radical (unpaired) electrons. The van der Waals surface area contributed by atoms with Crippen molar-refractivity contribution in [2.24, 2.45) is 10.9 Å². The Kier molecular flexibility index (Phi) is 6.38. The smallest absolute Gasteiger partial charge is 0.191 e. The number of aliphatic imine (C=N–C) groups is 1. The molecule has 1 aromatic rings. The third-order valence-corrected chi connectivity index (χ3v) is 3.99. The predicted octanol–water partition coefficient (Wildman–Crippen LogP) is 2.81. The van der Waals surface area contributed by atoms with E-state index in [1.165, 1.54) is 25.7 Å². The van der Waals surface area contributed by atoms with Crippen LogP contribution in [0.3, 0.4) is 0 Å². The highest BCUT2D eigenvalue weighted by Crippen LogP contribution is 2.23. The molecular weight excluding hydrogens is 262 g/mol. The van der Waals surface area contributed by atoms with Crippen molar-refractivity contribution in [3.8, 4) is 5.75 Å². The molecule has 0 atom stereocenters. The molecule has 21 heavy (non-hydrogen) atoms. The van der Waals surface area contributed by atoms with Gasteiger partial charge < -0.3 is 15.4 Å². The Bertz CT molecular complexity index is 425. The molecule has 0 heterocycles. The van der Waals surface area contributed by atoms with Crippen molar-refractivity contribution in [3.05, 3.63) is 30.3 Å². The Morgan fingerprint density at radius 1 is 1.19 bits per heavy atom. The number of para-hydroxylation sites is 1. The van der Waals surface area contributed by atoms with E-state index in [0.29, 0.717) is 12.6 Å². The topological polar surface area (TPSA) is 45.7 Å². The second kappa shape index (κ2) is 8.55. The van der Waals surface area contributed by atoms with Crippen LogP contribution in [-0.4, -0.2) is 32.2 Å². The van der Waals surface area contributed by atoms with Crippen LogP contribution in [0.15, 0.2) is 35.3 Å². The first kappa shape index (κ1) is 15.7. The van der Waals surface area contributed by atoms with Crippen molar-refractivity contribution in [2.45, 2.75) is 38.6 Å². The molecule has 1 fully saturated rings. The lowest BCUT2D eigenvalue weighted by molar-refractivity contribution is 0.316. The van der Waals surface area contributed by atoms with E-state index < -0.39 is 0 Å². The van der Waals surface area contributed by atoms with E-state index in [0.717, 1.165) is 24.2 Å². The van der Waals surface area contributed by atoms with Gasteiger partial charge in [-0.2, -0.15) is 0 Å².